The molecule has 1 atom stereocenters. The van der Waals surface area contributed by atoms with Crippen LogP contribution in [0.3, 0.4) is 0 Å². The highest BCUT2D eigenvalue weighted by Crippen LogP contribution is 2.24. The Balaban J connectivity index is 2.04. The van der Waals surface area contributed by atoms with Gasteiger partial charge in [-0.1, -0.05) is 18.2 Å². The minimum Gasteiger partial charge on any atom is -0.508 e. The van der Waals surface area contributed by atoms with E-state index in [-0.39, 0.29) is 16.9 Å². The van der Waals surface area contributed by atoms with Gasteiger partial charge in [0.15, 0.2) is 0 Å². The summed E-state index contributed by atoms with van der Waals surface area (Å²) in [5.74, 6) is 0.499. The molecular weight excluding hydrogens is 258 g/mol. The maximum absolute atomic E-state index is 12.1. The second-order valence-corrected chi connectivity index (χ2v) is 5.87. The standard InChI is InChI=1S/C15H19NO2S/c1-11(19-2)15(18)16-9-7-13(8-10-16)12-3-5-14(17)6-4-12/h3-7,11,17H,8-10H2,1-2H3. The van der Waals surface area contributed by atoms with Gasteiger partial charge in [0.2, 0.25) is 5.91 Å². The van der Waals surface area contributed by atoms with E-state index < -0.39 is 0 Å². The number of phenolic OH excluding ortho intramolecular Hbond substituents is 1. The van der Waals surface area contributed by atoms with E-state index in [1.54, 1.807) is 23.9 Å². The second-order valence-electron chi connectivity index (χ2n) is 4.69. The van der Waals surface area contributed by atoms with Gasteiger partial charge in [0, 0.05) is 13.1 Å². The smallest absolute Gasteiger partial charge is 0.235 e. The summed E-state index contributed by atoms with van der Waals surface area (Å²) in [6.45, 7) is 3.41. The van der Waals surface area contributed by atoms with E-state index in [1.165, 1.54) is 5.57 Å². The number of aromatic hydroxyl groups is 1. The fraction of sp³-hybridized carbons (Fsp3) is 0.400. The quantitative estimate of drug-likeness (QED) is 0.923. The molecule has 3 nitrogen and oxygen atoms in total. The number of nitrogens with zero attached hydrogens (tertiary/aromatic N) is 1. The zero-order chi connectivity index (χ0) is 13.8. The van der Waals surface area contributed by atoms with E-state index in [0.29, 0.717) is 6.54 Å². The average Bonchev–Trinajstić information content (AvgIpc) is 2.46. The SMILES string of the molecule is CSC(C)C(=O)N1CC=C(c2ccc(O)cc2)CC1. The van der Waals surface area contributed by atoms with Crippen LogP contribution in [-0.4, -0.2) is 40.5 Å². The van der Waals surface area contributed by atoms with E-state index in [0.717, 1.165) is 18.5 Å². The van der Waals surface area contributed by atoms with Gasteiger partial charge in [-0.15, -0.1) is 0 Å². The van der Waals surface area contributed by atoms with Gasteiger partial charge in [-0.3, -0.25) is 4.79 Å². The maximum atomic E-state index is 12.1. The van der Waals surface area contributed by atoms with Crippen molar-refractivity contribution in [2.45, 2.75) is 18.6 Å². The lowest BCUT2D eigenvalue weighted by molar-refractivity contribution is -0.129. The van der Waals surface area contributed by atoms with Crippen molar-refractivity contribution in [1.82, 2.24) is 4.90 Å². The summed E-state index contributed by atoms with van der Waals surface area (Å²) in [4.78, 5) is 14.0. The first-order valence-electron chi connectivity index (χ1n) is 6.42. The molecule has 0 spiro atoms. The Morgan fingerprint density at radius 1 is 1.37 bits per heavy atom. The highest BCUT2D eigenvalue weighted by molar-refractivity contribution is 7.99. The van der Waals surface area contributed by atoms with E-state index in [9.17, 15) is 9.90 Å². The average molecular weight is 277 g/mol. The number of carbonyl (C=O) groups excluding carboxylic acids is 1. The molecular formula is C15H19NO2S. The van der Waals surface area contributed by atoms with Crippen molar-refractivity contribution in [2.24, 2.45) is 0 Å². The first-order valence-corrected chi connectivity index (χ1v) is 7.70. The molecule has 0 saturated heterocycles. The van der Waals surface area contributed by atoms with Crippen LogP contribution in [0.2, 0.25) is 0 Å². The second kappa shape index (κ2) is 6.15. The van der Waals surface area contributed by atoms with E-state index in [2.05, 4.69) is 6.08 Å². The number of amides is 1. The van der Waals surface area contributed by atoms with Crippen molar-refractivity contribution in [2.75, 3.05) is 19.3 Å². The Labute approximate surface area is 118 Å². The van der Waals surface area contributed by atoms with Gasteiger partial charge < -0.3 is 10.0 Å². The fourth-order valence-electron chi connectivity index (χ4n) is 2.16. The summed E-state index contributed by atoms with van der Waals surface area (Å²) in [7, 11) is 0. The first kappa shape index (κ1) is 14.0. The van der Waals surface area contributed by atoms with Crippen molar-refractivity contribution >= 4 is 23.2 Å². The molecule has 1 amide bonds. The molecule has 1 unspecified atom stereocenters. The molecule has 0 radical (unpaired) electrons. The van der Waals surface area contributed by atoms with Gasteiger partial charge in [-0.05, 0) is 42.9 Å². The van der Waals surface area contributed by atoms with Crippen LogP contribution in [0.25, 0.3) is 5.57 Å². The predicted octanol–water partition coefficient (Wildman–Crippen LogP) is 2.76. The van der Waals surface area contributed by atoms with Crippen LogP contribution in [0.4, 0.5) is 0 Å². The minimum absolute atomic E-state index is 0.0311. The summed E-state index contributed by atoms with van der Waals surface area (Å²) < 4.78 is 0. The lowest BCUT2D eigenvalue weighted by Gasteiger charge is -2.28. The Kier molecular flexibility index (Phi) is 4.53. The largest absolute Gasteiger partial charge is 0.508 e. The molecule has 19 heavy (non-hydrogen) atoms. The van der Waals surface area contributed by atoms with Crippen LogP contribution in [0.15, 0.2) is 30.3 Å². The zero-order valence-corrected chi connectivity index (χ0v) is 12.1. The summed E-state index contributed by atoms with van der Waals surface area (Å²) in [5.41, 5.74) is 2.38. The number of hydrogen-bond acceptors (Lipinski definition) is 3. The Morgan fingerprint density at radius 3 is 2.58 bits per heavy atom. The molecule has 102 valence electrons. The van der Waals surface area contributed by atoms with E-state index >= 15 is 0 Å². The molecule has 1 N–H and O–H groups in total. The summed E-state index contributed by atoms with van der Waals surface area (Å²) in [5, 5.41) is 9.31. The third kappa shape index (κ3) is 3.32. The molecule has 1 aromatic rings. The number of phenols is 1. The molecule has 1 aliphatic rings. The van der Waals surface area contributed by atoms with Crippen molar-refractivity contribution in [3.63, 3.8) is 0 Å². The monoisotopic (exact) mass is 277 g/mol. The van der Waals surface area contributed by atoms with Crippen molar-refractivity contribution in [3.8, 4) is 5.75 Å². The Morgan fingerprint density at radius 2 is 2.05 bits per heavy atom. The lowest BCUT2D eigenvalue weighted by atomic mass is 9.99. The van der Waals surface area contributed by atoms with Crippen LogP contribution in [0.5, 0.6) is 5.75 Å². The highest BCUT2D eigenvalue weighted by atomic mass is 32.2. The summed E-state index contributed by atoms with van der Waals surface area (Å²) in [6, 6.07) is 7.24. The zero-order valence-electron chi connectivity index (χ0n) is 11.3. The van der Waals surface area contributed by atoms with Gasteiger partial charge in [0.05, 0.1) is 5.25 Å². The minimum atomic E-state index is 0.0311. The Bertz CT molecular complexity index is 481. The van der Waals surface area contributed by atoms with Crippen LogP contribution < -0.4 is 0 Å². The molecule has 0 aliphatic carbocycles. The lowest BCUT2D eigenvalue weighted by Crippen LogP contribution is -2.39. The predicted molar refractivity (Wildman–Crippen MR) is 80.3 cm³/mol. The molecule has 0 saturated carbocycles. The topological polar surface area (TPSA) is 40.5 Å². The molecule has 1 aromatic carbocycles. The normalized spacial score (nSPS) is 16.9. The van der Waals surface area contributed by atoms with Crippen LogP contribution in [-0.2, 0) is 4.79 Å². The van der Waals surface area contributed by atoms with Crippen LogP contribution in [0.1, 0.15) is 18.9 Å². The van der Waals surface area contributed by atoms with Gasteiger partial charge in [0.25, 0.3) is 0 Å². The number of thioether (sulfide) groups is 1. The van der Waals surface area contributed by atoms with Crippen LogP contribution >= 0.6 is 11.8 Å². The molecule has 0 bridgehead atoms. The molecule has 0 fully saturated rings. The van der Waals surface area contributed by atoms with E-state index in [1.807, 2.05) is 30.2 Å². The van der Waals surface area contributed by atoms with Crippen molar-refractivity contribution < 1.29 is 9.90 Å². The fourth-order valence-corrected chi connectivity index (χ4v) is 2.52. The third-order valence-corrected chi connectivity index (χ3v) is 4.37. The third-order valence-electron chi connectivity index (χ3n) is 3.46. The summed E-state index contributed by atoms with van der Waals surface area (Å²) in [6.07, 6.45) is 4.95. The number of benzene rings is 1. The molecule has 1 heterocycles. The summed E-state index contributed by atoms with van der Waals surface area (Å²) >= 11 is 1.59. The maximum Gasteiger partial charge on any atom is 0.235 e. The first-order chi connectivity index (χ1) is 9.11. The van der Waals surface area contributed by atoms with Gasteiger partial charge in [-0.25, -0.2) is 0 Å². The highest BCUT2D eigenvalue weighted by Gasteiger charge is 2.21. The van der Waals surface area contributed by atoms with Crippen LogP contribution in [0, 0.1) is 0 Å². The van der Waals surface area contributed by atoms with Gasteiger partial charge in [-0.2, -0.15) is 11.8 Å². The molecule has 0 aromatic heterocycles. The van der Waals surface area contributed by atoms with Crippen molar-refractivity contribution in [1.29, 1.82) is 0 Å². The van der Waals surface area contributed by atoms with E-state index in [4.69, 9.17) is 0 Å². The molecule has 2 rings (SSSR count). The number of rotatable bonds is 3. The number of carbonyl (C=O) groups is 1. The number of hydrogen-bond donors (Lipinski definition) is 1. The van der Waals surface area contributed by atoms with Crippen molar-refractivity contribution in [3.05, 3.63) is 35.9 Å². The molecule has 4 heteroatoms. The van der Waals surface area contributed by atoms with Gasteiger partial charge in [0.1, 0.15) is 5.75 Å². The Hall–Kier alpha value is -1.42. The van der Waals surface area contributed by atoms with Gasteiger partial charge >= 0.3 is 0 Å². The molecule has 1 aliphatic heterocycles.